The minimum atomic E-state index is -4.25. The maximum Gasteiger partial charge on any atom is 0.295 e. The molecule has 0 aliphatic heterocycles. The van der Waals surface area contributed by atoms with E-state index in [4.69, 9.17) is 0 Å². The number of fused-ring (bicyclic) bond motifs is 1. The summed E-state index contributed by atoms with van der Waals surface area (Å²) in [5, 5.41) is 1.72. The van der Waals surface area contributed by atoms with Gasteiger partial charge in [-0.05, 0) is 48.3 Å². The Morgan fingerprint density at radius 1 is 0.667 bits per heavy atom. The van der Waals surface area contributed by atoms with E-state index in [1.165, 1.54) is 69.4 Å². The van der Waals surface area contributed by atoms with Gasteiger partial charge in [0.2, 0.25) is 0 Å². The van der Waals surface area contributed by atoms with Crippen molar-refractivity contribution < 1.29 is 13.0 Å². The zero-order valence-electron chi connectivity index (χ0n) is 19.0. The normalized spacial score (nSPS) is 12.0. The van der Waals surface area contributed by atoms with E-state index in [-0.39, 0.29) is 4.90 Å². The van der Waals surface area contributed by atoms with Crippen molar-refractivity contribution in [3.05, 3.63) is 41.5 Å². The molecule has 4 heteroatoms. The van der Waals surface area contributed by atoms with Crippen LogP contribution in [0.4, 0.5) is 0 Å². The van der Waals surface area contributed by atoms with Gasteiger partial charge in [-0.3, -0.25) is 4.55 Å². The molecule has 0 fully saturated rings. The molecule has 168 valence electrons. The van der Waals surface area contributed by atoms with Crippen molar-refractivity contribution in [2.45, 2.75) is 109 Å². The highest BCUT2D eigenvalue weighted by atomic mass is 32.2. The third kappa shape index (κ3) is 7.70. The van der Waals surface area contributed by atoms with Crippen LogP contribution in [0.25, 0.3) is 10.8 Å². The first-order valence-corrected chi connectivity index (χ1v) is 13.4. The SMILES string of the molecule is CCCCCCCCc1ccc(CCCCCCCC)c2c(S(=O)(=O)O)cccc12. The lowest BCUT2D eigenvalue weighted by Gasteiger charge is -2.14. The van der Waals surface area contributed by atoms with Crippen LogP contribution >= 0.6 is 0 Å². The first-order valence-electron chi connectivity index (χ1n) is 12.0. The monoisotopic (exact) mass is 432 g/mol. The highest BCUT2D eigenvalue weighted by molar-refractivity contribution is 7.86. The first kappa shape index (κ1) is 24.9. The number of aryl methyl sites for hydroxylation is 2. The Morgan fingerprint density at radius 2 is 1.17 bits per heavy atom. The van der Waals surface area contributed by atoms with Gasteiger partial charge in [-0.1, -0.05) is 102 Å². The third-order valence-corrected chi connectivity index (χ3v) is 6.95. The van der Waals surface area contributed by atoms with Crippen molar-refractivity contribution >= 4 is 20.9 Å². The largest absolute Gasteiger partial charge is 0.295 e. The van der Waals surface area contributed by atoms with Gasteiger partial charge < -0.3 is 0 Å². The molecule has 3 nitrogen and oxygen atoms in total. The summed E-state index contributed by atoms with van der Waals surface area (Å²) in [6, 6.07) is 9.58. The van der Waals surface area contributed by atoms with Crippen molar-refractivity contribution in [1.82, 2.24) is 0 Å². The lowest BCUT2D eigenvalue weighted by Crippen LogP contribution is -2.03. The van der Waals surface area contributed by atoms with Crippen LogP contribution in [-0.4, -0.2) is 13.0 Å². The third-order valence-electron chi connectivity index (χ3n) is 6.06. The second-order valence-electron chi connectivity index (χ2n) is 8.57. The van der Waals surface area contributed by atoms with Crippen LogP contribution in [0.1, 0.15) is 102 Å². The van der Waals surface area contributed by atoms with Gasteiger partial charge in [0.25, 0.3) is 10.1 Å². The van der Waals surface area contributed by atoms with Crippen molar-refractivity contribution in [1.29, 1.82) is 0 Å². The molecule has 2 rings (SSSR count). The predicted octanol–water partition coefficient (Wildman–Crippen LogP) is 7.89. The van der Waals surface area contributed by atoms with Crippen molar-refractivity contribution in [3.63, 3.8) is 0 Å². The molecule has 0 unspecified atom stereocenters. The molecule has 0 aliphatic rings. The molecule has 30 heavy (non-hydrogen) atoms. The number of hydrogen-bond donors (Lipinski definition) is 1. The molecule has 0 heterocycles. The van der Waals surface area contributed by atoms with Crippen molar-refractivity contribution in [3.8, 4) is 0 Å². The van der Waals surface area contributed by atoms with Gasteiger partial charge >= 0.3 is 0 Å². The van der Waals surface area contributed by atoms with Gasteiger partial charge in [0.15, 0.2) is 0 Å². The molecular weight excluding hydrogens is 392 g/mol. The number of rotatable bonds is 15. The minimum Gasteiger partial charge on any atom is -0.282 e. The maximum absolute atomic E-state index is 12.1. The summed E-state index contributed by atoms with van der Waals surface area (Å²) in [4.78, 5) is 0.0609. The van der Waals surface area contributed by atoms with E-state index >= 15 is 0 Å². The Hall–Kier alpha value is -1.39. The van der Waals surface area contributed by atoms with Crippen LogP contribution < -0.4 is 0 Å². The zero-order valence-corrected chi connectivity index (χ0v) is 19.8. The lowest BCUT2D eigenvalue weighted by atomic mass is 9.93. The maximum atomic E-state index is 12.1. The molecular formula is C26H40O3S. The van der Waals surface area contributed by atoms with E-state index in [0.717, 1.165) is 48.4 Å². The summed E-state index contributed by atoms with van der Waals surface area (Å²) in [6.07, 6.45) is 16.5. The highest BCUT2D eigenvalue weighted by Crippen LogP contribution is 2.31. The van der Waals surface area contributed by atoms with E-state index in [1.54, 1.807) is 6.07 Å². The molecule has 2 aromatic carbocycles. The fourth-order valence-corrected chi connectivity index (χ4v) is 5.09. The molecule has 0 amide bonds. The highest BCUT2D eigenvalue weighted by Gasteiger charge is 2.18. The van der Waals surface area contributed by atoms with Crippen LogP contribution in [0.2, 0.25) is 0 Å². The van der Waals surface area contributed by atoms with Crippen LogP contribution in [0.5, 0.6) is 0 Å². The minimum absolute atomic E-state index is 0.0609. The van der Waals surface area contributed by atoms with E-state index < -0.39 is 10.1 Å². The summed E-state index contributed by atoms with van der Waals surface area (Å²) in [5.41, 5.74) is 2.23. The average Bonchev–Trinajstić information content (AvgIpc) is 2.72. The summed E-state index contributed by atoms with van der Waals surface area (Å²) >= 11 is 0. The van der Waals surface area contributed by atoms with Crippen LogP contribution in [-0.2, 0) is 23.0 Å². The summed E-state index contributed by atoms with van der Waals surface area (Å²) in [5.74, 6) is 0. The smallest absolute Gasteiger partial charge is 0.282 e. The second-order valence-corrected chi connectivity index (χ2v) is 9.96. The molecule has 0 aromatic heterocycles. The van der Waals surface area contributed by atoms with Crippen molar-refractivity contribution in [2.75, 3.05) is 0 Å². The van der Waals surface area contributed by atoms with Gasteiger partial charge in [-0.15, -0.1) is 0 Å². The Morgan fingerprint density at radius 3 is 1.73 bits per heavy atom. The Labute approximate surface area is 184 Å². The number of hydrogen-bond acceptors (Lipinski definition) is 2. The fraction of sp³-hybridized carbons (Fsp3) is 0.615. The fourth-order valence-electron chi connectivity index (χ4n) is 4.34. The van der Waals surface area contributed by atoms with Gasteiger partial charge in [-0.25, -0.2) is 0 Å². The Kier molecular flexibility index (Phi) is 10.9. The summed E-state index contributed by atoms with van der Waals surface area (Å²) in [7, 11) is -4.25. The lowest BCUT2D eigenvalue weighted by molar-refractivity contribution is 0.484. The van der Waals surface area contributed by atoms with Crippen LogP contribution in [0.3, 0.4) is 0 Å². The van der Waals surface area contributed by atoms with E-state index in [1.807, 2.05) is 6.07 Å². The molecule has 1 N–H and O–H groups in total. The molecule has 0 bridgehead atoms. The molecule has 0 aliphatic carbocycles. The number of benzene rings is 2. The predicted molar refractivity (Wildman–Crippen MR) is 128 cm³/mol. The molecule has 0 radical (unpaired) electrons. The Balaban J connectivity index is 2.18. The van der Waals surface area contributed by atoms with E-state index in [0.29, 0.717) is 0 Å². The topological polar surface area (TPSA) is 54.4 Å². The summed E-state index contributed by atoms with van der Waals surface area (Å²) < 4.78 is 34.0. The van der Waals surface area contributed by atoms with Gasteiger partial charge in [0.1, 0.15) is 4.90 Å². The Bertz CT molecular complexity index is 871. The van der Waals surface area contributed by atoms with E-state index in [9.17, 15) is 13.0 Å². The van der Waals surface area contributed by atoms with Gasteiger partial charge in [0, 0.05) is 5.39 Å². The second kappa shape index (κ2) is 13.1. The number of unbranched alkanes of at least 4 members (excludes halogenated alkanes) is 10. The molecule has 2 aromatic rings. The van der Waals surface area contributed by atoms with Gasteiger partial charge in [0.05, 0.1) is 0 Å². The zero-order chi connectivity index (χ0) is 21.8. The van der Waals surface area contributed by atoms with Crippen molar-refractivity contribution in [2.24, 2.45) is 0 Å². The summed E-state index contributed by atoms with van der Waals surface area (Å²) in [6.45, 7) is 4.45. The van der Waals surface area contributed by atoms with Crippen LogP contribution in [0, 0.1) is 0 Å². The standard InChI is InChI=1S/C26H40O3S/c1-3-5-7-9-11-13-16-22-20-21-23(17-14-12-10-8-6-4-2)26-24(22)18-15-19-25(26)30(27,28)29/h15,18-21H,3-14,16-17H2,1-2H3,(H,27,28,29). The van der Waals surface area contributed by atoms with Gasteiger partial charge in [-0.2, -0.15) is 8.42 Å². The molecule has 0 saturated carbocycles. The molecule has 0 saturated heterocycles. The molecule has 0 atom stereocenters. The first-order chi connectivity index (χ1) is 14.5. The van der Waals surface area contributed by atoms with E-state index in [2.05, 4.69) is 26.0 Å². The average molecular weight is 433 g/mol. The molecule has 0 spiro atoms. The quantitative estimate of drug-likeness (QED) is 0.230. The van der Waals surface area contributed by atoms with Crippen LogP contribution in [0.15, 0.2) is 35.2 Å².